The molecule has 1 N–H and O–H groups in total. The van der Waals surface area contributed by atoms with Gasteiger partial charge in [0.2, 0.25) is 0 Å². The predicted molar refractivity (Wildman–Crippen MR) is 61.4 cm³/mol. The van der Waals surface area contributed by atoms with E-state index in [1.54, 1.807) is 5.57 Å². The molecule has 0 bridgehead atoms. The minimum absolute atomic E-state index is 0.763. The van der Waals surface area contributed by atoms with E-state index in [1.807, 2.05) is 0 Å². The average Bonchev–Trinajstić information content (AvgIpc) is 3.02. The van der Waals surface area contributed by atoms with Crippen molar-refractivity contribution in [2.45, 2.75) is 57.9 Å². The molecule has 0 aromatic carbocycles. The second-order valence-corrected chi connectivity index (χ2v) is 4.94. The lowest BCUT2D eigenvalue weighted by atomic mass is 9.97. The molecule has 0 aromatic rings. The fraction of sp³-hybridized carbons (Fsp3) is 0.846. The summed E-state index contributed by atoms with van der Waals surface area (Å²) in [6.07, 6.45) is 12.2. The topological polar surface area (TPSA) is 12.0 Å². The predicted octanol–water partition coefficient (Wildman–Crippen LogP) is 3.27. The molecule has 80 valence electrons. The van der Waals surface area contributed by atoms with Crippen molar-refractivity contribution in [3.8, 4) is 0 Å². The number of rotatable bonds is 5. The van der Waals surface area contributed by atoms with Crippen LogP contribution < -0.4 is 5.32 Å². The maximum absolute atomic E-state index is 3.65. The van der Waals surface area contributed by atoms with Crippen LogP contribution in [0.5, 0.6) is 0 Å². The van der Waals surface area contributed by atoms with Gasteiger partial charge in [0.05, 0.1) is 0 Å². The highest BCUT2D eigenvalue weighted by Gasteiger charge is 2.27. The fourth-order valence-electron chi connectivity index (χ4n) is 2.35. The van der Waals surface area contributed by atoms with Crippen LogP contribution in [0.25, 0.3) is 0 Å². The fourth-order valence-corrected chi connectivity index (χ4v) is 2.35. The summed E-state index contributed by atoms with van der Waals surface area (Å²) in [5.41, 5.74) is 1.70. The van der Waals surface area contributed by atoms with Crippen LogP contribution in [-0.2, 0) is 0 Å². The Bertz CT molecular complexity index is 203. The molecule has 2 rings (SSSR count). The molecule has 14 heavy (non-hydrogen) atoms. The van der Waals surface area contributed by atoms with E-state index in [1.165, 1.54) is 51.5 Å². The van der Waals surface area contributed by atoms with Crippen LogP contribution in [0, 0.1) is 5.92 Å². The van der Waals surface area contributed by atoms with E-state index in [0.29, 0.717) is 0 Å². The zero-order valence-electron chi connectivity index (χ0n) is 9.39. The van der Waals surface area contributed by atoms with Crippen molar-refractivity contribution >= 4 is 0 Å². The van der Waals surface area contributed by atoms with E-state index < -0.39 is 0 Å². The normalized spacial score (nSPS) is 24.5. The summed E-state index contributed by atoms with van der Waals surface area (Å²) in [5.74, 6) is 0.996. The number of nitrogens with one attached hydrogen (secondary N) is 1. The first kappa shape index (κ1) is 10.2. The zero-order valence-corrected chi connectivity index (χ0v) is 9.39. The summed E-state index contributed by atoms with van der Waals surface area (Å²) >= 11 is 0. The summed E-state index contributed by atoms with van der Waals surface area (Å²) in [7, 11) is 0. The highest BCUT2D eigenvalue weighted by molar-refractivity contribution is 5.05. The quantitative estimate of drug-likeness (QED) is 0.661. The molecule has 0 amide bonds. The number of hydrogen-bond acceptors (Lipinski definition) is 1. The Balaban J connectivity index is 1.59. The summed E-state index contributed by atoms with van der Waals surface area (Å²) < 4.78 is 0. The Hall–Kier alpha value is -0.300. The van der Waals surface area contributed by atoms with Crippen molar-refractivity contribution in [2.75, 3.05) is 6.54 Å². The van der Waals surface area contributed by atoms with Crippen LogP contribution in [0.3, 0.4) is 0 Å². The average molecular weight is 193 g/mol. The molecule has 0 radical (unpaired) electrons. The van der Waals surface area contributed by atoms with E-state index in [9.17, 15) is 0 Å². The van der Waals surface area contributed by atoms with Gasteiger partial charge in [0.1, 0.15) is 0 Å². The van der Waals surface area contributed by atoms with Gasteiger partial charge in [-0.15, -0.1) is 0 Å². The van der Waals surface area contributed by atoms with Crippen molar-refractivity contribution in [3.63, 3.8) is 0 Å². The van der Waals surface area contributed by atoms with E-state index in [4.69, 9.17) is 0 Å². The molecule has 0 unspecified atom stereocenters. The minimum Gasteiger partial charge on any atom is -0.314 e. The van der Waals surface area contributed by atoms with Crippen LogP contribution in [-0.4, -0.2) is 12.6 Å². The van der Waals surface area contributed by atoms with Crippen LogP contribution in [0.1, 0.15) is 51.9 Å². The summed E-state index contributed by atoms with van der Waals surface area (Å²) in [6, 6.07) is 0.763. The Morgan fingerprint density at radius 1 is 1.43 bits per heavy atom. The zero-order chi connectivity index (χ0) is 9.80. The Kier molecular flexibility index (Phi) is 3.63. The highest BCUT2D eigenvalue weighted by atomic mass is 14.9. The lowest BCUT2D eigenvalue weighted by Crippen LogP contribution is -2.29. The van der Waals surface area contributed by atoms with Gasteiger partial charge >= 0.3 is 0 Å². The van der Waals surface area contributed by atoms with Gasteiger partial charge in [-0.25, -0.2) is 0 Å². The molecule has 0 aromatic heterocycles. The SMILES string of the molecule is C[C@H](NCCC1=CCCCC1)C1CC1. The van der Waals surface area contributed by atoms with Gasteiger partial charge in [-0.05, 0) is 64.3 Å². The molecule has 2 aliphatic rings. The van der Waals surface area contributed by atoms with E-state index in [2.05, 4.69) is 18.3 Å². The van der Waals surface area contributed by atoms with Gasteiger partial charge in [-0.1, -0.05) is 11.6 Å². The third kappa shape index (κ3) is 3.13. The van der Waals surface area contributed by atoms with Gasteiger partial charge in [0, 0.05) is 6.04 Å². The minimum atomic E-state index is 0.763. The Morgan fingerprint density at radius 3 is 2.93 bits per heavy atom. The molecule has 0 aliphatic heterocycles. The third-order valence-corrected chi connectivity index (χ3v) is 3.63. The molecular formula is C13H23N. The third-order valence-electron chi connectivity index (χ3n) is 3.63. The number of hydrogen-bond donors (Lipinski definition) is 1. The molecule has 1 fully saturated rings. The molecule has 0 spiro atoms. The lowest BCUT2D eigenvalue weighted by Gasteiger charge is -2.16. The second kappa shape index (κ2) is 4.97. The van der Waals surface area contributed by atoms with E-state index in [-0.39, 0.29) is 0 Å². The van der Waals surface area contributed by atoms with Gasteiger partial charge in [-0.2, -0.15) is 0 Å². The van der Waals surface area contributed by atoms with Crippen molar-refractivity contribution < 1.29 is 0 Å². The van der Waals surface area contributed by atoms with Crippen LogP contribution in [0.4, 0.5) is 0 Å². The molecular weight excluding hydrogens is 170 g/mol. The lowest BCUT2D eigenvalue weighted by molar-refractivity contribution is 0.495. The van der Waals surface area contributed by atoms with Crippen LogP contribution in [0.2, 0.25) is 0 Å². The molecule has 1 heteroatoms. The highest BCUT2D eigenvalue weighted by Crippen LogP contribution is 2.32. The van der Waals surface area contributed by atoms with Gasteiger partial charge in [0.25, 0.3) is 0 Å². The van der Waals surface area contributed by atoms with Crippen molar-refractivity contribution in [3.05, 3.63) is 11.6 Å². The van der Waals surface area contributed by atoms with Gasteiger partial charge in [-0.3, -0.25) is 0 Å². The molecule has 0 heterocycles. The monoisotopic (exact) mass is 193 g/mol. The molecule has 2 aliphatic carbocycles. The number of allylic oxidation sites excluding steroid dienone is 1. The van der Waals surface area contributed by atoms with Crippen LogP contribution >= 0.6 is 0 Å². The molecule has 1 saturated carbocycles. The summed E-state index contributed by atoms with van der Waals surface area (Å²) in [5, 5.41) is 3.65. The van der Waals surface area contributed by atoms with Gasteiger partial charge in [0.15, 0.2) is 0 Å². The maximum Gasteiger partial charge on any atom is 0.00671 e. The molecule has 1 nitrogen and oxygen atoms in total. The van der Waals surface area contributed by atoms with E-state index >= 15 is 0 Å². The standard InChI is InChI=1S/C13H23N/c1-11(13-7-8-13)14-10-9-12-5-3-2-4-6-12/h5,11,13-14H,2-4,6-10H2,1H3/t11-/m0/s1. The van der Waals surface area contributed by atoms with Crippen LogP contribution in [0.15, 0.2) is 11.6 Å². The summed E-state index contributed by atoms with van der Waals surface area (Å²) in [4.78, 5) is 0. The Labute approximate surface area is 88.0 Å². The largest absolute Gasteiger partial charge is 0.314 e. The second-order valence-electron chi connectivity index (χ2n) is 4.94. The van der Waals surface area contributed by atoms with Crippen molar-refractivity contribution in [1.82, 2.24) is 5.32 Å². The van der Waals surface area contributed by atoms with Crippen molar-refractivity contribution in [1.29, 1.82) is 0 Å². The summed E-state index contributed by atoms with van der Waals surface area (Å²) in [6.45, 7) is 3.54. The Morgan fingerprint density at radius 2 is 2.29 bits per heavy atom. The first-order valence-corrected chi connectivity index (χ1v) is 6.27. The van der Waals surface area contributed by atoms with Gasteiger partial charge < -0.3 is 5.32 Å². The maximum atomic E-state index is 3.65. The first-order valence-electron chi connectivity index (χ1n) is 6.27. The smallest absolute Gasteiger partial charge is 0.00671 e. The van der Waals surface area contributed by atoms with Crippen molar-refractivity contribution in [2.24, 2.45) is 5.92 Å². The van der Waals surface area contributed by atoms with E-state index in [0.717, 1.165) is 12.0 Å². The first-order chi connectivity index (χ1) is 6.86. The molecule has 1 atom stereocenters. The molecule has 0 saturated heterocycles.